The van der Waals surface area contributed by atoms with Gasteiger partial charge in [-0.15, -0.1) is 0 Å². The highest BCUT2D eigenvalue weighted by Crippen LogP contribution is 2.28. The van der Waals surface area contributed by atoms with Crippen LogP contribution in [0.3, 0.4) is 0 Å². The largest absolute Gasteiger partial charge is 0.497 e. The zero-order valence-corrected chi connectivity index (χ0v) is 13.8. The number of furan rings is 1. The molecule has 7 heteroatoms. The zero-order valence-electron chi connectivity index (χ0n) is 13.0. The van der Waals surface area contributed by atoms with E-state index in [1.807, 2.05) is 6.92 Å². The number of ether oxygens (including phenoxy) is 2. The molecule has 1 N–H and O–H groups in total. The summed E-state index contributed by atoms with van der Waals surface area (Å²) < 4.78 is 43.1. The molecular formula is C15H19NO5S. The molecule has 22 heavy (non-hydrogen) atoms. The smallest absolute Gasteiger partial charge is 0.244 e. The first-order valence-electron chi connectivity index (χ1n) is 6.65. The number of nitrogens with one attached hydrogen (secondary N) is 1. The third-order valence-corrected chi connectivity index (χ3v) is 4.68. The molecular weight excluding hydrogens is 306 g/mol. The van der Waals surface area contributed by atoms with Crippen molar-refractivity contribution in [3.63, 3.8) is 0 Å². The average Bonchev–Trinajstić information content (AvgIpc) is 2.82. The summed E-state index contributed by atoms with van der Waals surface area (Å²) in [6.07, 6.45) is 0. The summed E-state index contributed by atoms with van der Waals surface area (Å²) in [5.74, 6) is 2.13. The highest BCUT2D eigenvalue weighted by molar-refractivity contribution is 7.89. The van der Waals surface area contributed by atoms with Crippen molar-refractivity contribution in [3.8, 4) is 11.5 Å². The standard InChI is InChI=1S/C15H19NO5S/c1-10-7-12(11(2)21-10)9-16-22(17,18)15-8-13(19-3)5-6-14(15)20-4/h5-8,16H,9H2,1-4H3. The monoisotopic (exact) mass is 325 g/mol. The molecule has 1 aromatic carbocycles. The SMILES string of the molecule is COc1ccc(OC)c(S(=O)(=O)NCc2cc(C)oc2C)c1. The Kier molecular flexibility index (Phi) is 4.77. The summed E-state index contributed by atoms with van der Waals surface area (Å²) >= 11 is 0. The summed E-state index contributed by atoms with van der Waals surface area (Å²) in [6, 6.07) is 6.43. The molecule has 120 valence electrons. The molecule has 0 saturated carbocycles. The zero-order chi connectivity index (χ0) is 16.3. The van der Waals surface area contributed by atoms with Gasteiger partial charge in [0.1, 0.15) is 27.9 Å². The quantitative estimate of drug-likeness (QED) is 0.882. The second-order valence-corrected chi connectivity index (χ2v) is 6.52. The Balaban J connectivity index is 2.28. The molecule has 0 aliphatic rings. The fraction of sp³-hybridized carbons (Fsp3) is 0.333. The Morgan fingerprint density at radius 3 is 2.41 bits per heavy atom. The van der Waals surface area contributed by atoms with Gasteiger partial charge in [0, 0.05) is 18.2 Å². The lowest BCUT2D eigenvalue weighted by Gasteiger charge is -2.12. The Labute approximate surface area is 130 Å². The number of hydrogen-bond acceptors (Lipinski definition) is 5. The van der Waals surface area contributed by atoms with Crippen LogP contribution in [0.15, 0.2) is 33.6 Å². The van der Waals surface area contributed by atoms with Crippen LogP contribution in [-0.2, 0) is 16.6 Å². The van der Waals surface area contributed by atoms with Gasteiger partial charge in [-0.05, 0) is 32.0 Å². The summed E-state index contributed by atoms with van der Waals surface area (Å²) in [5, 5.41) is 0. The van der Waals surface area contributed by atoms with E-state index in [2.05, 4.69) is 4.72 Å². The van der Waals surface area contributed by atoms with Gasteiger partial charge in [0.15, 0.2) is 0 Å². The van der Waals surface area contributed by atoms with Crippen molar-refractivity contribution < 1.29 is 22.3 Å². The van der Waals surface area contributed by atoms with E-state index in [1.165, 1.54) is 20.3 Å². The average molecular weight is 325 g/mol. The number of rotatable bonds is 6. The predicted octanol–water partition coefficient (Wildman–Crippen LogP) is 2.39. The van der Waals surface area contributed by atoms with Gasteiger partial charge in [-0.3, -0.25) is 0 Å². The van der Waals surface area contributed by atoms with E-state index in [0.29, 0.717) is 11.5 Å². The van der Waals surface area contributed by atoms with Crippen LogP contribution in [-0.4, -0.2) is 22.6 Å². The van der Waals surface area contributed by atoms with Crippen molar-refractivity contribution in [2.24, 2.45) is 0 Å². The number of sulfonamides is 1. The Hall–Kier alpha value is -1.99. The maximum Gasteiger partial charge on any atom is 0.244 e. The molecule has 0 saturated heterocycles. The topological polar surface area (TPSA) is 77.8 Å². The molecule has 0 bridgehead atoms. The summed E-state index contributed by atoms with van der Waals surface area (Å²) in [6.45, 7) is 3.75. The third kappa shape index (κ3) is 3.42. The normalized spacial score (nSPS) is 11.5. The van der Waals surface area contributed by atoms with Gasteiger partial charge in [0.25, 0.3) is 0 Å². The van der Waals surface area contributed by atoms with Gasteiger partial charge >= 0.3 is 0 Å². The van der Waals surface area contributed by atoms with Gasteiger partial charge in [0.2, 0.25) is 10.0 Å². The van der Waals surface area contributed by atoms with Crippen molar-refractivity contribution in [1.82, 2.24) is 4.72 Å². The van der Waals surface area contributed by atoms with Crippen LogP contribution >= 0.6 is 0 Å². The van der Waals surface area contributed by atoms with Gasteiger partial charge in [-0.1, -0.05) is 0 Å². The minimum absolute atomic E-state index is 0.0345. The van der Waals surface area contributed by atoms with Crippen LogP contribution in [0.4, 0.5) is 0 Å². The fourth-order valence-corrected chi connectivity index (χ4v) is 3.29. The van der Waals surface area contributed by atoms with Gasteiger partial charge in [-0.2, -0.15) is 0 Å². The van der Waals surface area contributed by atoms with E-state index < -0.39 is 10.0 Å². The molecule has 1 aromatic heterocycles. The first kappa shape index (κ1) is 16.4. The third-order valence-electron chi connectivity index (χ3n) is 3.26. The minimum Gasteiger partial charge on any atom is -0.497 e. The molecule has 1 heterocycles. The van der Waals surface area contributed by atoms with E-state index in [1.54, 1.807) is 25.1 Å². The van der Waals surface area contributed by atoms with E-state index in [0.717, 1.165) is 11.3 Å². The molecule has 2 rings (SSSR count). The van der Waals surface area contributed by atoms with Crippen LogP contribution in [0.1, 0.15) is 17.1 Å². The Morgan fingerprint density at radius 2 is 1.86 bits per heavy atom. The van der Waals surface area contributed by atoms with Crippen LogP contribution in [0.2, 0.25) is 0 Å². The molecule has 0 unspecified atom stereocenters. The molecule has 0 aliphatic heterocycles. The van der Waals surface area contributed by atoms with Gasteiger partial charge < -0.3 is 13.9 Å². The fourth-order valence-electron chi connectivity index (χ4n) is 2.10. The maximum absolute atomic E-state index is 12.5. The van der Waals surface area contributed by atoms with Crippen molar-refractivity contribution in [2.45, 2.75) is 25.3 Å². The molecule has 0 fully saturated rings. The molecule has 0 amide bonds. The first-order chi connectivity index (χ1) is 10.4. The molecule has 6 nitrogen and oxygen atoms in total. The predicted molar refractivity (Wildman–Crippen MR) is 81.8 cm³/mol. The highest BCUT2D eigenvalue weighted by atomic mass is 32.2. The second-order valence-electron chi connectivity index (χ2n) is 4.78. The summed E-state index contributed by atoms with van der Waals surface area (Å²) in [4.78, 5) is 0.0345. The number of hydrogen-bond donors (Lipinski definition) is 1. The van der Waals surface area contributed by atoms with Crippen molar-refractivity contribution in [3.05, 3.63) is 41.3 Å². The van der Waals surface area contributed by atoms with E-state index in [4.69, 9.17) is 13.9 Å². The van der Waals surface area contributed by atoms with Crippen LogP contribution in [0.25, 0.3) is 0 Å². The number of methoxy groups -OCH3 is 2. The molecule has 0 spiro atoms. The lowest BCUT2D eigenvalue weighted by Crippen LogP contribution is -2.24. The van der Waals surface area contributed by atoms with Crippen molar-refractivity contribution in [1.29, 1.82) is 0 Å². The first-order valence-corrected chi connectivity index (χ1v) is 8.13. The molecule has 0 radical (unpaired) electrons. The van der Waals surface area contributed by atoms with Crippen LogP contribution in [0, 0.1) is 13.8 Å². The van der Waals surface area contributed by atoms with Gasteiger partial charge in [-0.25, -0.2) is 13.1 Å². The lowest BCUT2D eigenvalue weighted by atomic mass is 10.2. The number of aryl methyl sites for hydroxylation is 2. The van der Waals surface area contributed by atoms with Crippen molar-refractivity contribution in [2.75, 3.05) is 14.2 Å². The van der Waals surface area contributed by atoms with Gasteiger partial charge in [0.05, 0.1) is 14.2 Å². The molecule has 0 atom stereocenters. The molecule has 0 aliphatic carbocycles. The van der Waals surface area contributed by atoms with E-state index in [-0.39, 0.29) is 17.2 Å². The highest BCUT2D eigenvalue weighted by Gasteiger charge is 2.21. The van der Waals surface area contributed by atoms with Crippen molar-refractivity contribution >= 4 is 10.0 Å². The summed E-state index contributed by atoms with van der Waals surface area (Å²) in [7, 11) is -0.841. The van der Waals surface area contributed by atoms with E-state index >= 15 is 0 Å². The minimum atomic E-state index is -3.74. The van der Waals surface area contributed by atoms with Crippen LogP contribution < -0.4 is 14.2 Å². The Morgan fingerprint density at radius 1 is 1.14 bits per heavy atom. The number of benzene rings is 1. The van der Waals surface area contributed by atoms with Crippen LogP contribution in [0.5, 0.6) is 11.5 Å². The second kappa shape index (κ2) is 6.41. The van der Waals surface area contributed by atoms with E-state index in [9.17, 15) is 8.42 Å². The summed E-state index contributed by atoms with van der Waals surface area (Å²) in [5.41, 5.74) is 0.794. The Bertz CT molecular complexity index is 764. The lowest BCUT2D eigenvalue weighted by molar-refractivity contribution is 0.392. The molecule has 2 aromatic rings. The maximum atomic E-state index is 12.5.